The molecule has 0 heterocycles. The van der Waals surface area contributed by atoms with Crippen molar-refractivity contribution in [2.24, 2.45) is 0 Å². The van der Waals surface area contributed by atoms with Crippen molar-refractivity contribution in [2.45, 2.75) is 19.9 Å². The molecule has 0 saturated carbocycles. The summed E-state index contributed by atoms with van der Waals surface area (Å²) in [4.78, 5) is 12.2. The number of rotatable bonds is 6. The molecule has 7 heteroatoms. The van der Waals surface area contributed by atoms with Crippen molar-refractivity contribution in [3.63, 3.8) is 0 Å². The van der Waals surface area contributed by atoms with E-state index in [-0.39, 0.29) is 23.5 Å². The second-order valence-corrected chi connectivity index (χ2v) is 6.58. The highest BCUT2D eigenvalue weighted by Gasteiger charge is 2.18. The van der Waals surface area contributed by atoms with Crippen LogP contribution in [0.4, 0.5) is 10.1 Å². The van der Waals surface area contributed by atoms with Crippen LogP contribution in [0.5, 0.6) is 5.75 Å². The van der Waals surface area contributed by atoms with Crippen LogP contribution in [0.25, 0.3) is 0 Å². The summed E-state index contributed by atoms with van der Waals surface area (Å²) in [5.74, 6) is -0.133. The van der Waals surface area contributed by atoms with Gasteiger partial charge in [0.25, 0.3) is 5.91 Å². The normalized spacial score (nSPS) is 11.9. The van der Waals surface area contributed by atoms with E-state index in [0.717, 1.165) is 5.56 Å². The molecule has 0 aliphatic carbocycles. The third-order valence-electron chi connectivity index (χ3n) is 3.82. The molecule has 0 saturated heterocycles. The van der Waals surface area contributed by atoms with Crippen molar-refractivity contribution < 1.29 is 19.2 Å². The second kappa shape index (κ2) is 8.52. The fourth-order valence-electron chi connectivity index (χ4n) is 2.42. The summed E-state index contributed by atoms with van der Waals surface area (Å²) in [6.07, 6.45) is 0. The van der Waals surface area contributed by atoms with Crippen molar-refractivity contribution in [1.29, 1.82) is 0 Å². The number of anilines is 1. The molecule has 2 aromatic rings. The minimum absolute atomic E-state index is 0.0229. The first-order valence-electron chi connectivity index (χ1n) is 7.74. The number of carbonyl (C=O) groups is 1. The lowest BCUT2D eigenvalue weighted by atomic mass is 10.1. The largest absolute Gasteiger partial charge is 0.495 e. The highest BCUT2D eigenvalue weighted by molar-refractivity contribution is 6.35. The average Bonchev–Trinajstić information content (AvgIpc) is 2.56. The summed E-state index contributed by atoms with van der Waals surface area (Å²) in [7, 11) is 1.55. The lowest BCUT2D eigenvalue weighted by Gasteiger charge is -2.14. The number of hydrogen-bond donors (Lipinski definition) is 2. The number of halogens is 3. The average molecular weight is 386 g/mol. The monoisotopic (exact) mass is 385 g/mol. The van der Waals surface area contributed by atoms with Gasteiger partial charge in [-0.2, -0.15) is 0 Å². The minimum atomic E-state index is -0.532. The quantitative estimate of drug-likeness (QED) is 0.744. The lowest BCUT2D eigenvalue weighted by Crippen LogP contribution is -2.86. The van der Waals surface area contributed by atoms with Crippen molar-refractivity contribution in [3.05, 3.63) is 57.3 Å². The van der Waals surface area contributed by atoms with E-state index in [9.17, 15) is 9.18 Å². The molecule has 0 aromatic heterocycles. The lowest BCUT2D eigenvalue weighted by molar-refractivity contribution is -0.682. The molecule has 3 N–H and O–H groups in total. The van der Waals surface area contributed by atoms with Crippen molar-refractivity contribution >= 4 is 34.8 Å². The summed E-state index contributed by atoms with van der Waals surface area (Å²) in [5, 5.41) is 4.94. The van der Waals surface area contributed by atoms with Crippen LogP contribution in [0.3, 0.4) is 0 Å². The van der Waals surface area contributed by atoms with E-state index in [1.54, 1.807) is 18.5 Å². The molecule has 134 valence electrons. The van der Waals surface area contributed by atoms with Crippen LogP contribution in [-0.4, -0.2) is 19.6 Å². The topological polar surface area (TPSA) is 54.9 Å². The maximum atomic E-state index is 13.6. The van der Waals surface area contributed by atoms with E-state index in [0.29, 0.717) is 22.0 Å². The number of carbonyl (C=O) groups excluding carboxylic acids is 1. The Bertz CT molecular complexity index is 784. The molecule has 2 aromatic carbocycles. The molecule has 4 nitrogen and oxygen atoms in total. The third kappa shape index (κ3) is 5.08. The van der Waals surface area contributed by atoms with Gasteiger partial charge >= 0.3 is 0 Å². The van der Waals surface area contributed by atoms with Crippen molar-refractivity contribution in [3.8, 4) is 5.75 Å². The zero-order valence-electron chi connectivity index (χ0n) is 14.2. The Morgan fingerprint density at radius 1 is 1.28 bits per heavy atom. The van der Waals surface area contributed by atoms with Gasteiger partial charge in [0.15, 0.2) is 6.54 Å². The molecule has 0 unspecified atom stereocenters. The van der Waals surface area contributed by atoms with Gasteiger partial charge in [0.1, 0.15) is 17.6 Å². The first-order valence-corrected chi connectivity index (χ1v) is 8.49. The smallest absolute Gasteiger partial charge is 0.279 e. The van der Waals surface area contributed by atoms with Crippen LogP contribution in [0.2, 0.25) is 10.0 Å². The minimum Gasteiger partial charge on any atom is -0.495 e. The Labute approximate surface area is 156 Å². The van der Waals surface area contributed by atoms with Gasteiger partial charge in [-0.25, -0.2) is 4.39 Å². The summed E-state index contributed by atoms with van der Waals surface area (Å²) in [6, 6.07) is 8.01. The molecule has 1 atom stereocenters. The van der Waals surface area contributed by atoms with Crippen LogP contribution >= 0.6 is 23.2 Å². The molecular weight excluding hydrogens is 366 g/mol. The van der Waals surface area contributed by atoms with Crippen LogP contribution in [-0.2, 0) is 4.79 Å². The molecule has 1 amide bonds. The number of nitrogens with two attached hydrogens (primary N) is 1. The number of hydrogen-bond acceptors (Lipinski definition) is 2. The first-order chi connectivity index (χ1) is 11.8. The van der Waals surface area contributed by atoms with Gasteiger partial charge < -0.3 is 15.4 Å². The van der Waals surface area contributed by atoms with Crippen LogP contribution < -0.4 is 15.4 Å². The first kappa shape index (κ1) is 19.5. The summed E-state index contributed by atoms with van der Waals surface area (Å²) < 4.78 is 18.9. The third-order valence-corrected chi connectivity index (χ3v) is 4.43. The van der Waals surface area contributed by atoms with Gasteiger partial charge in [-0.15, -0.1) is 0 Å². The van der Waals surface area contributed by atoms with Gasteiger partial charge in [0, 0.05) is 5.56 Å². The van der Waals surface area contributed by atoms with Gasteiger partial charge in [-0.05, 0) is 43.7 Å². The van der Waals surface area contributed by atoms with Gasteiger partial charge in [-0.1, -0.05) is 29.3 Å². The zero-order chi connectivity index (χ0) is 18.6. The Kier molecular flexibility index (Phi) is 6.64. The summed E-state index contributed by atoms with van der Waals surface area (Å²) >= 11 is 11.8. The number of nitrogens with one attached hydrogen (secondary N) is 1. The van der Waals surface area contributed by atoms with Gasteiger partial charge in [-0.3, -0.25) is 4.79 Å². The highest BCUT2D eigenvalue weighted by atomic mass is 35.5. The van der Waals surface area contributed by atoms with Crippen LogP contribution in [0, 0.1) is 12.7 Å². The predicted octanol–water partition coefficient (Wildman–Crippen LogP) is 3.71. The Morgan fingerprint density at radius 3 is 2.68 bits per heavy atom. The fourth-order valence-corrected chi connectivity index (χ4v) is 2.97. The molecule has 0 aliphatic rings. The standard InChI is InChI=1S/C18H19Cl2FN2O2/c1-10-4-5-17(25-3)16(6-10)23-18(24)9-22-11(2)12-7-15(21)14(20)8-13(12)19/h4-8,11,22H,9H2,1-3H3,(H,23,24)/p+1/t11-/m1/s1. The molecule has 25 heavy (non-hydrogen) atoms. The second-order valence-electron chi connectivity index (χ2n) is 5.77. The van der Waals surface area contributed by atoms with Crippen LogP contribution in [0.1, 0.15) is 24.1 Å². The van der Waals surface area contributed by atoms with Crippen molar-refractivity contribution in [2.75, 3.05) is 19.0 Å². The van der Waals surface area contributed by atoms with E-state index >= 15 is 0 Å². The van der Waals surface area contributed by atoms with Crippen LogP contribution in [0.15, 0.2) is 30.3 Å². The zero-order valence-corrected chi connectivity index (χ0v) is 15.7. The number of quaternary nitrogens is 1. The number of aryl methyl sites for hydroxylation is 1. The molecular formula is C18H20Cl2FN2O2+. The fraction of sp³-hybridized carbons (Fsp3) is 0.278. The Hall–Kier alpha value is -1.82. The predicted molar refractivity (Wildman–Crippen MR) is 98.0 cm³/mol. The molecule has 0 aliphatic heterocycles. The maximum Gasteiger partial charge on any atom is 0.279 e. The summed E-state index contributed by atoms with van der Waals surface area (Å²) in [5.41, 5.74) is 2.21. The van der Waals surface area contributed by atoms with E-state index < -0.39 is 5.82 Å². The maximum absolute atomic E-state index is 13.6. The molecule has 0 fully saturated rings. The highest BCUT2D eigenvalue weighted by Crippen LogP contribution is 2.27. The van der Waals surface area contributed by atoms with E-state index in [4.69, 9.17) is 27.9 Å². The number of methoxy groups -OCH3 is 1. The number of benzene rings is 2. The van der Waals surface area contributed by atoms with Crippen molar-refractivity contribution in [1.82, 2.24) is 0 Å². The molecule has 0 radical (unpaired) electrons. The molecule has 0 spiro atoms. The number of ether oxygens (including phenoxy) is 1. The Morgan fingerprint density at radius 2 is 2.00 bits per heavy atom. The molecule has 2 rings (SSSR count). The van der Waals surface area contributed by atoms with E-state index in [1.165, 1.54) is 12.1 Å². The van der Waals surface area contributed by atoms with Gasteiger partial charge in [0.05, 0.1) is 22.8 Å². The summed E-state index contributed by atoms with van der Waals surface area (Å²) in [6.45, 7) is 3.92. The molecule has 0 bridgehead atoms. The number of amides is 1. The van der Waals surface area contributed by atoms with Gasteiger partial charge in [0.2, 0.25) is 0 Å². The Balaban J connectivity index is 2.00. The van der Waals surface area contributed by atoms with E-state index in [1.807, 2.05) is 26.0 Å². The van der Waals surface area contributed by atoms with E-state index in [2.05, 4.69) is 5.32 Å². The SMILES string of the molecule is COc1ccc(C)cc1NC(=O)C[NH2+][C@H](C)c1cc(F)c(Cl)cc1Cl.